The number of fused-ring (bicyclic) bond motifs is 1. The van der Waals surface area contributed by atoms with Gasteiger partial charge in [0.05, 0.1) is 6.10 Å². The SMILES string of the molecule is Cc1cccc(C(=O)NC2CCCC3OCCC23)c1. The standard InChI is InChI=1S/C16H21NO2/c1-11-4-2-5-12(10-11)16(18)17-14-6-3-7-15-13(14)8-9-19-15/h2,4-5,10,13-15H,3,6-9H2,1H3,(H,17,18). The molecule has 1 saturated carbocycles. The second kappa shape index (κ2) is 5.33. The van der Waals surface area contributed by atoms with Gasteiger partial charge in [0.1, 0.15) is 0 Å². The van der Waals surface area contributed by atoms with Gasteiger partial charge in [-0.3, -0.25) is 4.79 Å². The molecule has 3 heteroatoms. The van der Waals surface area contributed by atoms with E-state index in [1.807, 2.05) is 31.2 Å². The summed E-state index contributed by atoms with van der Waals surface area (Å²) in [6, 6.07) is 8.06. The number of amides is 1. The number of rotatable bonds is 2. The molecule has 1 saturated heterocycles. The molecule has 1 N–H and O–H groups in total. The van der Waals surface area contributed by atoms with Crippen molar-refractivity contribution in [2.45, 2.75) is 44.8 Å². The molecule has 0 radical (unpaired) electrons. The first-order valence-electron chi connectivity index (χ1n) is 7.23. The van der Waals surface area contributed by atoms with Crippen molar-refractivity contribution in [1.82, 2.24) is 5.32 Å². The summed E-state index contributed by atoms with van der Waals surface area (Å²) < 4.78 is 5.74. The number of nitrogens with one attached hydrogen (secondary N) is 1. The normalized spacial score (nSPS) is 29.8. The Bertz CT molecular complexity index is 472. The van der Waals surface area contributed by atoms with E-state index in [1.165, 1.54) is 0 Å². The van der Waals surface area contributed by atoms with Crippen LogP contribution in [0.3, 0.4) is 0 Å². The van der Waals surface area contributed by atoms with Gasteiger partial charge in [-0.1, -0.05) is 17.7 Å². The van der Waals surface area contributed by atoms with Crippen LogP contribution in [0.4, 0.5) is 0 Å². The van der Waals surface area contributed by atoms with Crippen LogP contribution in [0.2, 0.25) is 0 Å². The zero-order valence-electron chi connectivity index (χ0n) is 11.4. The molecule has 1 aliphatic heterocycles. The number of hydrogen-bond acceptors (Lipinski definition) is 2. The van der Waals surface area contributed by atoms with Gasteiger partial charge >= 0.3 is 0 Å². The Morgan fingerprint density at radius 3 is 3.05 bits per heavy atom. The maximum Gasteiger partial charge on any atom is 0.251 e. The third-order valence-corrected chi connectivity index (χ3v) is 4.38. The summed E-state index contributed by atoms with van der Waals surface area (Å²) in [6.45, 7) is 2.87. The average Bonchev–Trinajstić information content (AvgIpc) is 2.88. The van der Waals surface area contributed by atoms with Crippen LogP contribution in [0.5, 0.6) is 0 Å². The van der Waals surface area contributed by atoms with Crippen LogP contribution in [-0.4, -0.2) is 24.7 Å². The van der Waals surface area contributed by atoms with Crippen LogP contribution in [-0.2, 0) is 4.74 Å². The molecule has 1 amide bonds. The highest BCUT2D eigenvalue weighted by molar-refractivity contribution is 5.94. The van der Waals surface area contributed by atoms with Crippen molar-refractivity contribution < 1.29 is 9.53 Å². The van der Waals surface area contributed by atoms with Crippen molar-refractivity contribution >= 4 is 5.91 Å². The first-order chi connectivity index (χ1) is 9.24. The summed E-state index contributed by atoms with van der Waals surface area (Å²) in [5.74, 6) is 0.573. The van der Waals surface area contributed by atoms with Crippen molar-refractivity contribution in [2.75, 3.05) is 6.61 Å². The van der Waals surface area contributed by atoms with Gasteiger partial charge in [0.25, 0.3) is 5.91 Å². The molecule has 0 spiro atoms. The van der Waals surface area contributed by atoms with Crippen molar-refractivity contribution in [3.8, 4) is 0 Å². The quantitative estimate of drug-likeness (QED) is 0.886. The maximum atomic E-state index is 12.3. The van der Waals surface area contributed by atoms with Crippen molar-refractivity contribution in [3.63, 3.8) is 0 Å². The lowest BCUT2D eigenvalue weighted by Gasteiger charge is -2.33. The average molecular weight is 259 g/mol. The molecule has 3 atom stereocenters. The van der Waals surface area contributed by atoms with Gasteiger partial charge in [0, 0.05) is 24.1 Å². The number of ether oxygens (including phenoxy) is 1. The Morgan fingerprint density at radius 1 is 1.32 bits per heavy atom. The fraction of sp³-hybridized carbons (Fsp3) is 0.562. The van der Waals surface area contributed by atoms with Crippen molar-refractivity contribution in [2.24, 2.45) is 5.92 Å². The summed E-state index contributed by atoms with van der Waals surface area (Å²) in [7, 11) is 0. The van der Waals surface area contributed by atoms with E-state index in [1.54, 1.807) is 0 Å². The number of benzene rings is 1. The lowest BCUT2D eigenvalue weighted by Crippen LogP contribution is -2.45. The zero-order valence-corrected chi connectivity index (χ0v) is 11.4. The Balaban J connectivity index is 1.69. The summed E-state index contributed by atoms with van der Waals surface area (Å²) in [4.78, 5) is 12.3. The summed E-state index contributed by atoms with van der Waals surface area (Å²) >= 11 is 0. The van der Waals surface area contributed by atoms with E-state index in [-0.39, 0.29) is 11.9 Å². The van der Waals surface area contributed by atoms with Gasteiger partial charge in [-0.05, 0) is 44.7 Å². The van der Waals surface area contributed by atoms with E-state index in [0.717, 1.165) is 43.4 Å². The summed E-state index contributed by atoms with van der Waals surface area (Å²) in [6.07, 6.45) is 4.85. The number of aryl methyl sites for hydroxylation is 1. The molecular formula is C16H21NO2. The molecule has 19 heavy (non-hydrogen) atoms. The monoisotopic (exact) mass is 259 g/mol. The molecule has 3 rings (SSSR count). The van der Waals surface area contributed by atoms with E-state index < -0.39 is 0 Å². The smallest absolute Gasteiger partial charge is 0.251 e. The van der Waals surface area contributed by atoms with E-state index in [9.17, 15) is 4.79 Å². The Hall–Kier alpha value is -1.35. The second-order valence-electron chi connectivity index (χ2n) is 5.74. The first kappa shape index (κ1) is 12.7. The van der Waals surface area contributed by atoms with Crippen LogP contribution in [0.1, 0.15) is 41.6 Å². The van der Waals surface area contributed by atoms with E-state index in [2.05, 4.69) is 5.32 Å². The highest BCUT2D eigenvalue weighted by atomic mass is 16.5. The van der Waals surface area contributed by atoms with Crippen molar-refractivity contribution in [1.29, 1.82) is 0 Å². The minimum Gasteiger partial charge on any atom is -0.378 e. The number of carbonyl (C=O) groups is 1. The van der Waals surface area contributed by atoms with Gasteiger partial charge in [-0.2, -0.15) is 0 Å². The van der Waals surface area contributed by atoms with Gasteiger partial charge in [-0.25, -0.2) is 0 Å². The highest BCUT2D eigenvalue weighted by Gasteiger charge is 2.38. The minimum atomic E-state index is 0.0567. The third-order valence-electron chi connectivity index (χ3n) is 4.38. The molecule has 1 aromatic rings. The molecule has 0 aromatic heterocycles. The van der Waals surface area contributed by atoms with Crippen LogP contribution < -0.4 is 5.32 Å². The second-order valence-corrected chi connectivity index (χ2v) is 5.74. The minimum absolute atomic E-state index is 0.0567. The molecular weight excluding hydrogens is 238 g/mol. The van der Waals surface area contributed by atoms with Crippen molar-refractivity contribution in [3.05, 3.63) is 35.4 Å². The molecule has 1 aliphatic carbocycles. The van der Waals surface area contributed by atoms with Gasteiger partial charge in [0.15, 0.2) is 0 Å². The van der Waals surface area contributed by atoms with E-state index in [4.69, 9.17) is 4.74 Å². The molecule has 102 valence electrons. The van der Waals surface area contributed by atoms with Gasteiger partial charge in [0.2, 0.25) is 0 Å². The lowest BCUT2D eigenvalue weighted by molar-refractivity contribution is 0.0510. The molecule has 3 nitrogen and oxygen atoms in total. The van der Waals surface area contributed by atoms with Crippen LogP contribution >= 0.6 is 0 Å². The Morgan fingerprint density at radius 2 is 2.21 bits per heavy atom. The lowest BCUT2D eigenvalue weighted by atomic mass is 9.81. The third kappa shape index (κ3) is 2.66. The fourth-order valence-electron chi connectivity index (χ4n) is 3.39. The zero-order chi connectivity index (χ0) is 13.2. The molecule has 1 aromatic carbocycles. The number of hydrogen-bond donors (Lipinski definition) is 1. The predicted octanol–water partition coefficient (Wildman–Crippen LogP) is 2.68. The molecule has 2 fully saturated rings. The topological polar surface area (TPSA) is 38.3 Å². The van der Waals surface area contributed by atoms with E-state index in [0.29, 0.717) is 12.0 Å². The molecule has 1 heterocycles. The molecule has 3 unspecified atom stereocenters. The fourth-order valence-corrected chi connectivity index (χ4v) is 3.39. The molecule has 0 bridgehead atoms. The number of carbonyl (C=O) groups excluding carboxylic acids is 1. The summed E-state index contributed by atoms with van der Waals surface area (Å²) in [5.41, 5.74) is 1.89. The first-order valence-corrected chi connectivity index (χ1v) is 7.23. The van der Waals surface area contributed by atoms with Crippen LogP contribution in [0.25, 0.3) is 0 Å². The van der Waals surface area contributed by atoms with Crippen LogP contribution in [0.15, 0.2) is 24.3 Å². The highest BCUT2D eigenvalue weighted by Crippen LogP contribution is 2.34. The largest absolute Gasteiger partial charge is 0.378 e. The van der Waals surface area contributed by atoms with E-state index >= 15 is 0 Å². The Labute approximate surface area is 114 Å². The van der Waals surface area contributed by atoms with Gasteiger partial charge in [-0.15, -0.1) is 0 Å². The predicted molar refractivity (Wildman–Crippen MR) is 74.1 cm³/mol. The molecule has 2 aliphatic rings. The Kier molecular flexibility index (Phi) is 3.56. The van der Waals surface area contributed by atoms with Gasteiger partial charge < -0.3 is 10.1 Å². The summed E-state index contributed by atoms with van der Waals surface area (Å²) in [5, 5.41) is 3.21. The van der Waals surface area contributed by atoms with Crippen LogP contribution in [0, 0.1) is 12.8 Å². The maximum absolute atomic E-state index is 12.3.